The van der Waals surface area contributed by atoms with Gasteiger partial charge >= 0.3 is 0 Å². The molecule has 5 nitrogen and oxygen atoms in total. The SMILES string of the molecule is COc1ccc(CCN2CCC(CN(C)C(=O)C3CCCCO3)CC2)cc1. The second kappa shape index (κ2) is 10.1. The van der Waals surface area contributed by atoms with Crippen molar-refractivity contribution in [1.82, 2.24) is 9.80 Å². The Hall–Kier alpha value is -1.59. The number of benzene rings is 1. The highest BCUT2D eigenvalue weighted by Gasteiger charge is 2.27. The van der Waals surface area contributed by atoms with Crippen molar-refractivity contribution in [2.45, 2.75) is 44.6 Å². The molecule has 1 aromatic carbocycles. The fourth-order valence-electron chi connectivity index (χ4n) is 4.13. The van der Waals surface area contributed by atoms with Gasteiger partial charge in [0.15, 0.2) is 0 Å². The summed E-state index contributed by atoms with van der Waals surface area (Å²) in [5, 5.41) is 0. The quantitative estimate of drug-likeness (QED) is 0.736. The highest BCUT2D eigenvalue weighted by atomic mass is 16.5. The summed E-state index contributed by atoms with van der Waals surface area (Å²) in [5.41, 5.74) is 1.36. The molecule has 1 amide bonds. The maximum absolute atomic E-state index is 12.5. The van der Waals surface area contributed by atoms with Crippen LogP contribution >= 0.6 is 0 Å². The first-order chi connectivity index (χ1) is 13.2. The molecule has 0 saturated carbocycles. The van der Waals surface area contributed by atoms with Gasteiger partial charge in [0.1, 0.15) is 11.9 Å². The van der Waals surface area contributed by atoms with Crippen LogP contribution in [0.5, 0.6) is 5.75 Å². The second-order valence-corrected chi connectivity index (χ2v) is 7.96. The first-order valence-electron chi connectivity index (χ1n) is 10.4. The van der Waals surface area contributed by atoms with Crippen molar-refractivity contribution < 1.29 is 14.3 Å². The summed E-state index contributed by atoms with van der Waals surface area (Å²) in [7, 11) is 3.64. The van der Waals surface area contributed by atoms with Crippen LogP contribution in [-0.2, 0) is 16.0 Å². The summed E-state index contributed by atoms with van der Waals surface area (Å²) in [6.07, 6.45) is 6.30. The Morgan fingerprint density at radius 1 is 1.19 bits per heavy atom. The van der Waals surface area contributed by atoms with E-state index in [9.17, 15) is 4.79 Å². The van der Waals surface area contributed by atoms with Crippen molar-refractivity contribution >= 4 is 5.91 Å². The van der Waals surface area contributed by atoms with Gasteiger partial charge in [-0.15, -0.1) is 0 Å². The van der Waals surface area contributed by atoms with Gasteiger partial charge in [0.25, 0.3) is 5.91 Å². The topological polar surface area (TPSA) is 42.0 Å². The molecular formula is C22H34N2O3. The lowest BCUT2D eigenvalue weighted by molar-refractivity contribution is -0.145. The molecule has 0 N–H and O–H groups in total. The molecule has 150 valence electrons. The number of piperidine rings is 1. The molecule has 1 atom stereocenters. The van der Waals surface area contributed by atoms with Gasteiger partial charge in [-0.05, 0) is 75.2 Å². The van der Waals surface area contributed by atoms with E-state index in [2.05, 4.69) is 17.0 Å². The normalized spacial score (nSPS) is 21.8. The van der Waals surface area contributed by atoms with Crippen LogP contribution in [0.1, 0.15) is 37.7 Å². The third-order valence-electron chi connectivity index (χ3n) is 5.95. The van der Waals surface area contributed by atoms with E-state index in [-0.39, 0.29) is 12.0 Å². The average molecular weight is 375 g/mol. The zero-order valence-electron chi connectivity index (χ0n) is 16.9. The van der Waals surface area contributed by atoms with Crippen LogP contribution in [0.2, 0.25) is 0 Å². The molecule has 0 radical (unpaired) electrons. The smallest absolute Gasteiger partial charge is 0.251 e. The van der Waals surface area contributed by atoms with Crippen LogP contribution in [-0.4, -0.2) is 68.8 Å². The van der Waals surface area contributed by atoms with E-state index >= 15 is 0 Å². The molecule has 0 spiro atoms. The Morgan fingerprint density at radius 3 is 2.56 bits per heavy atom. The average Bonchev–Trinajstić information content (AvgIpc) is 2.73. The summed E-state index contributed by atoms with van der Waals surface area (Å²) in [5.74, 6) is 1.70. The number of likely N-dealkylation sites (N-methyl/N-ethyl adjacent to an activating group) is 1. The van der Waals surface area contributed by atoms with Gasteiger partial charge in [-0.25, -0.2) is 0 Å². The Labute approximate surface area is 163 Å². The van der Waals surface area contributed by atoms with Crippen molar-refractivity contribution in [1.29, 1.82) is 0 Å². The maximum atomic E-state index is 12.5. The summed E-state index contributed by atoms with van der Waals surface area (Å²) in [4.78, 5) is 17.0. The number of hydrogen-bond acceptors (Lipinski definition) is 4. The number of nitrogens with zero attached hydrogens (tertiary/aromatic N) is 2. The van der Waals surface area contributed by atoms with E-state index in [1.165, 1.54) is 18.4 Å². The molecule has 0 aromatic heterocycles. The lowest BCUT2D eigenvalue weighted by Gasteiger charge is -2.35. The predicted octanol–water partition coefficient (Wildman–Crippen LogP) is 2.98. The van der Waals surface area contributed by atoms with E-state index in [0.29, 0.717) is 5.92 Å². The van der Waals surface area contributed by atoms with Crippen LogP contribution in [0.3, 0.4) is 0 Å². The fraction of sp³-hybridized carbons (Fsp3) is 0.682. The molecule has 0 bridgehead atoms. The minimum absolute atomic E-state index is 0.177. The molecule has 5 heteroatoms. The highest BCUT2D eigenvalue weighted by molar-refractivity contribution is 5.80. The molecule has 0 aliphatic carbocycles. The number of methoxy groups -OCH3 is 1. The molecule has 3 rings (SSSR count). The molecule has 1 aromatic rings. The van der Waals surface area contributed by atoms with Crippen LogP contribution in [0.25, 0.3) is 0 Å². The first-order valence-corrected chi connectivity index (χ1v) is 10.4. The van der Waals surface area contributed by atoms with E-state index in [0.717, 1.165) is 64.2 Å². The molecule has 2 saturated heterocycles. The lowest BCUT2D eigenvalue weighted by atomic mass is 9.95. The van der Waals surface area contributed by atoms with Gasteiger partial charge in [0, 0.05) is 26.7 Å². The Morgan fingerprint density at radius 2 is 1.93 bits per heavy atom. The number of likely N-dealkylation sites (tertiary alicyclic amines) is 1. The summed E-state index contributed by atoms with van der Waals surface area (Å²) in [6.45, 7) is 4.96. The second-order valence-electron chi connectivity index (χ2n) is 7.96. The number of carbonyl (C=O) groups is 1. The molecule has 1 unspecified atom stereocenters. The zero-order valence-corrected chi connectivity index (χ0v) is 16.9. The molecule has 2 heterocycles. The molecule has 2 aliphatic rings. The predicted molar refractivity (Wildman–Crippen MR) is 107 cm³/mol. The van der Waals surface area contributed by atoms with E-state index in [4.69, 9.17) is 9.47 Å². The number of amides is 1. The lowest BCUT2D eigenvalue weighted by Crippen LogP contribution is -2.44. The van der Waals surface area contributed by atoms with Crippen molar-refractivity contribution in [2.24, 2.45) is 5.92 Å². The van der Waals surface area contributed by atoms with E-state index in [1.807, 2.05) is 24.1 Å². The summed E-state index contributed by atoms with van der Waals surface area (Å²) < 4.78 is 10.9. The summed E-state index contributed by atoms with van der Waals surface area (Å²) in [6, 6.07) is 8.37. The zero-order chi connectivity index (χ0) is 19.1. The van der Waals surface area contributed by atoms with Crippen molar-refractivity contribution in [3.05, 3.63) is 29.8 Å². The third-order valence-corrected chi connectivity index (χ3v) is 5.95. The molecular weight excluding hydrogens is 340 g/mol. The van der Waals surface area contributed by atoms with Gasteiger partial charge in [-0.2, -0.15) is 0 Å². The Kier molecular flexibility index (Phi) is 7.53. The van der Waals surface area contributed by atoms with Crippen molar-refractivity contribution in [3.63, 3.8) is 0 Å². The van der Waals surface area contributed by atoms with Crippen LogP contribution in [0.4, 0.5) is 0 Å². The minimum Gasteiger partial charge on any atom is -0.497 e. The fourth-order valence-corrected chi connectivity index (χ4v) is 4.13. The molecule has 2 fully saturated rings. The maximum Gasteiger partial charge on any atom is 0.251 e. The molecule has 27 heavy (non-hydrogen) atoms. The number of rotatable bonds is 7. The van der Waals surface area contributed by atoms with Gasteiger partial charge < -0.3 is 19.3 Å². The van der Waals surface area contributed by atoms with Gasteiger partial charge in [0.05, 0.1) is 7.11 Å². The number of carbonyl (C=O) groups excluding carboxylic acids is 1. The number of hydrogen-bond donors (Lipinski definition) is 0. The monoisotopic (exact) mass is 374 g/mol. The van der Waals surface area contributed by atoms with Crippen LogP contribution < -0.4 is 4.74 Å². The van der Waals surface area contributed by atoms with Crippen molar-refractivity contribution in [3.8, 4) is 5.75 Å². The number of ether oxygens (including phenoxy) is 2. The first kappa shape index (κ1) is 20.2. The highest BCUT2D eigenvalue weighted by Crippen LogP contribution is 2.21. The third kappa shape index (κ3) is 5.94. The van der Waals surface area contributed by atoms with Gasteiger partial charge in [-0.1, -0.05) is 12.1 Å². The minimum atomic E-state index is -0.201. The summed E-state index contributed by atoms with van der Waals surface area (Å²) >= 11 is 0. The van der Waals surface area contributed by atoms with E-state index < -0.39 is 0 Å². The van der Waals surface area contributed by atoms with E-state index in [1.54, 1.807) is 7.11 Å². The van der Waals surface area contributed by atoms with Crippen LogP contribution in [0.15, 0.2) is 24.3 Å². The largest absolute Gasteiger partial charge is 0.497 e. The van der Waals surface area contributed by atoms with Crippen LogP contribution in [0, 0.1) is 5.92 Å². The Balaban J connectivity index is 1.36. The van der Waals surface area contributed by atoms with Gasteiger partial charge in [0.2, 0.25) is 0 Å². The molecule has 2 aliphatic heterocycles. The van der Waals surface area contributed by atoms with Crippen molar-refractivity contribution in [2.75, 3.05) is 46.9 Å². The standard InChI is InChI=1S/C22H34N2O3/c1-23(22(25)21-5-3-4-16-27-21)17-19-11-14-24(15-12-19)13-10-18-6-8-20(26-2)9-7-18/h6-9,19,21H,3-5,10-17H2,1-2H3. The van der Waals surface area contributed by atoms with Gasteiger partial charge in [-0.3, -0.25) is 4.79 Å². The Bertz CT molecular complexity index is 576.